The number of β-lactam (4-membered cyclic amide) rings is 1. The number of amidine groups is 2. The number of carboxylic acids is 1. The first kappa shape index (κ1) is 26.8. The smallest absolute Gasteiger partial charge is 0.352 e. The number of aliphatic imine (C=N–C) groups is 1. The van der Waals surface area contributed by atoms with Crippen LogP contribution in [0.25, 0.3) is 0 Å². The number of nitrogens with two attached hydrogens (primary N) is 2. The molecule has 18 heteroatoms. The lowest BCUT2D eigenvalue weighted by Crippen LogP contribution is -2.71. The standard InChI is InChI=1S/C19H24N10O5S3/c1-3-34-26-10(13-25-18(22)37-27-13)14(30)24-11-15(31)29-12(17(32)33)7(5-35-16(11)29)6-36-19-23-8(20)4-9(21)28(19)2/h9,11,16,20H,3-6,21H2,1-2H3,(H,24,30)(H,32,33)(H2,22,25,27)/t9?,11?,16-/m0/s1. The molecule has 4 heterocycles. The van der Waals surface area contributed by atoms with E-state index >= 15 is 0 Å². The zero-order valence-corrected chi connectivity index (χ0v) is 22.2. The number of carboxylic acid groups (broad SMARTS) is 1. The summed E-state index contributed by atoms with van der Waals surface area (Å²) in [6, 6.07) is -0.976. The van der Waals surface area contributed by atoms with Crippen LogP contribution in [0.1, 0.15) is 19.2 Å². The molecule has 3 aliphatic rings. The SMILES string of the molecule is CCON=C(C(=O)NC1C(=O)N2C(C(=O)O)=C(CSC3=NC(=N)CC(N)N3C)CS[C@@H]12)c1nsc(N)n1. The predicted octanol–water partition coefficient (Wildman–Crippen LogP) is -0.714. The molecule has 2 amide bonds. The summed E-state index contributed by atoms with van der Waals surface area (Å²) in [5.74, 6) is -1.89. The molecule has 0 aliphatic carbocycles. The molecule has 0 bridgehead atoms. The molecule has 4 rings (SSSR count). The van der Waals surface area contributed by atoms with Crippen LogP contribution in [-0.4, -0.2) is 102 Å². The Morgan fingerprint density at radius 3 is 2.84 bits per heavy atom. The van der Waals surface area contributed by atoms with Crippen LogP contribution in [0.3, 0.4) is 0 Å². The molecular formula is C19H24N10O5S3. The van der Waals surface area contributed by atoms with E-state index in [-0.39, 0.29) is 46.7 Å². The number of nitrogens with zero attached hydrogens (tertiary/aromatic N) is 6. The minimum atomic E-state index is -1.25. The lowest BCUT2D eigenvalue weighted by molar-refractivity contribution is -0.150. The van der Waals surface area contributed by atoms with Crippen molar-refractivity contribution in [2.24, 2.45) is 15.9 Å². The summed E-state index contributed by atoms with van der Waals surface area (Å²) in [6.45, 7) is 1.87. The molecule has 2 unspecified atom stereocenters. The number of hydrogen-bond donors (Lipinski definition) is 5. The molecule has 3 atom stereocenters. The summed E-state index contributed by atoms with van der Waals surface area (Å²) in [6.07, 6.45) is -0.0710. The van der Waals surface area contributed by atoms with Crippen LogP contribution < -0.4 is 16.8 Å². The van der Waals surface area contributed by atoms with E-state index < -0.39 is 29.2 Å². The molecule has 37 heavy (non-hydrogen) atoms. The fraction of sp³-hybridized carbons (Fsp3) is 0.474. The van der Waals surface area contributed by atoms with E-state index in [1.807, 2.05) is 0 Å². The average molecular weight is 569 g/mol. The van der Waals surface area contributed by atoms with Gasteiger partial charge in [0.25, 0.3) is 11.8 Å². The van der Waals surface area contributed by atoms with Gasteiger partial charge in [-0.2, -0.15) is 9.36 Å². The molecule has 1 aromatic heterocycles. The molecule has 0 radical (unpaired) electrons. The van der Waals surface area contributed by atoms with E-state index in [0.29, 0.717) is 22.9 Å². The number of rotatable bonds is 8. The van der Waals surface area contributed by atoms with Crippen LogP contribution in [0.15, 0.2) is 21.4 Å². The van der Waals surface area contributed by atoms with Gasteiger partial charge in [-0.3, -0.25) is 19.9 Å². The van der Waals surface area contributed by atoms with E-state index in [1.54, 1.807) is 18.9 Å². The maximum Gasteiger partial charge on any atom is 0.352 e. The summed E-state index contributed by atoms with van der Waals surface area (Å²) in [7, 11) is 1.76. The molecule has 0 saturated carbocycles. The van der Waals surface area contributed by atoms with E-state index in [9.17, 15) is 19.5 Å². The Kier molecular flexibility index (Phi) is 8.00. The van der Waals surface area contributed by atoms with Gasteiger partial charge in [0.15, 0.2) is 10.3 Å². The van der Waals surface area contributed by atoms with Crippen molar-refractivity contribution in [2.75, 3.05) is 30.9 Å². The topological polar surface area (TPSA) is 226 Å². The van der Waals surface area contributed by atoms with Crippen molar-refractivity contribution in [3.05, 3.63) is 17.1 Å². The van der Waals surface area contributed by atoms with Crippen molar-refractivity contribution in [1.29, 1.82) is 5.41 Å². The molecule has 0 aromatic carbocycles. The highest BCUT2D eigenvalue weighted by molar-refractivity contribution is 8.14. The Bertz CT molecular complexity index is 1230. The highest BCUT2D eigenvalue weighted by atomic mass is 32.2. The summed E-state index contributed by atoms with van der Waals surface area (Å²) in [4.78, 5) is 54.1. The summed E-state index contributed by atoms with van der Waals surface area (Å²) in [5.41, 5.74) is 11.8. The molecule has 3 aliphatic heterocycles. The van der Waals surface area contributed by atoms with Crippen LogP contribution in [0, 0.1) is 5.41 Å². The third kappa shape index (κ3) is 5.41. The summed E-state index contributed by atoms with van der Waals surface area (Å²) in [5, 5.41) is 24.1. The van der Waals surface area contributed by atoms with Crippen LogP contribution in [-0.2, 0) is 19.2 Å². The van der Waals surface area contributed by atoms with Crippen LogP contribution in [0.5, 0.6) is 0 Å². The van der Waals surface area contributed by atoms with Gasteiger partial charge in [-0.15, -0.1) is 11.8 Å². The van der Waals surface area contributed by atoms with E-state index in [4.69, 9.17) is 21.7 Å². The third-order valence-corrected chi connectivity index (χ3v) is 8.51. The Balaban J connectivity index is 1.49. The molecule has 7 N–H and O–H groups in total. The monoisotopic (exact) mass is 568 g/mol. The summed E-state index contributed by atoms with van der Waals surface area (Å²) < 4.78 is 3.97. The fourth-order valence-corrected chi connectivity index (χ4v) is 6.62. The lowest BCUT2D eigenvalue weighted by atomic mass is 10.0. The number of nitrogen functional groups attached to an aromatic ring is 1. The van der Waals surface area contributed by atoms with Crippen molar-refractivity contribution >= 4 is 74.7 Å². The largest absolute Gasteiger partial charge is 0.477 e. The Hall–Kier alpha value is -3.22. The molecular weight excluding hydrogens is 544 g/mol. The number of hydrogen-bond acceptors (Lipinski definition) is 14. The zero-order valence-electron chi connectivity index (χ0n) is 19.7. The van der Waals surface area contributed by atoms with Crippen molar-refractivity contribution in [3.63, 3.8) is 0 Å². The van der Waals surface area contributed by atoms with Crippen molar-refractivity contribution in [3.8, 4) is 0 Å². The number of oxime groups is 1. The number of carbonyl (C=O) groups is 3. The highest BCUT2D eigenvalue weighted by Gasteiger charge is 2.54. The number of fused-ring (bicyclic) bond motifs is 1. The van der Waals surface area contributed by atoms with Crippen LogP contribution in [0.4, 0.5) is 5.13 Å². The Morgan fingerprint density at radius 2 is 2.19 bits per heavy atom. The first-order valence-corrected chi connectivity index (χ1v) is 13.7. The quantitative estimate of drug-likeness (QED) is 0.149. The minimum Gasteiger partial charge on any atom is -0.477 e. The van der Waals surface area contributed by atoms with Gasteiger partial charge in [-0.25, -0.2) is 9.79 Å². The number of anilines is 1. The number of carbonyl (C=O) groups excluding carboxylic acids is 2. The van der Waals surface area contributed by atoms with Gasteiger partial charge in [0, 0.05) is 36.5 Å². The van der Waals surface area contributed by atoms with Gasteiger partial charge in [0.05, 0.1) is 6.17 Å². The second-order valence-corrected chi connectivity index (χ2v) is 10.8. The number of amides is 2. The van der Waals surface area contributed by atoms with Gasteiger partial charge < -0.3 is 31.6 Å². The van der Waals surface area contributed by atoms with Crippen molar-refractivity contribution in [1.82, 2.24) is 24.5 Å². The second-order valence-electron chi connectivity index (χ2n) is 7.94. The second kappa shape index (κ2) is 11.0. The van der Waals surface area contributed by atoms with Gasteiger partial charge in [0.1, 0.15) is 29.6 Å². The molecule has 1 fully saturated rings. The maximum absolute atomic E-state index is 13.0. The van der Waals surface area contributed by atoms with Crippen LogP contribution in [0.2, 0.25) is 0 Å². The third-order valence-electron chi connectivity index (χ3n) is 5.50. The highest BCUT2D eigenvalue weighted by Crippen LogP contribution is 2.41. The Morgan fingerprint density at radius 1 is 1.43 bits per heavy atom. The Labute approximate surface area is 223 Å². The van der Waals surface area contributed by atoms with Gasteiger partial charge >= 0.3 is 5.97 Å². The molecule has 0 spiro atoms. The number of nitrogens with one attached hydrogen (secondary N) is 2. The first-order chi connectivity index (χ1) is 17.6. The van der Waals surface area contributed by atoms with Gasteiger partial charge in [-0.1, -0.05) is 16.9 Å². The van der Waals surface area contributed by atoms with Crippen molar-refractivity contribution in [2.45, 2.75) is 30.9 Å². The molecule has 198 valence electrons. The lowest BCUT2D eigenvalue weighted by Gasteiger charge is -2.49. The van der Waals surface area contributed by atoms with Crippen LogP contribution >= 0.6 is 35.1 Å². The number of aliphatic carboxylic acids is 1. The first-order valence-electron chi connectivity index (χ1n) is 10.9. The van der Waals surface area contributed by atoms with Gasteiger partial charge in [-0.05, 0) is 12.5 Å². The van der Waals surface area contributed by atoms with Gasteiger partial charge in [0.2, 0.25) is 11.5 Å². The zero-order chi connectivity index (χ0) is 26.9. The normalized spacial score (nSPS) is 23.9. The van der Waals surface area contributed by atoms with Crippen molar-refractivity contribution < 1.29 is 24.3 Å². The maximum atomic E-state index is 13.0. The number of aromatic nitrogens is 2. The fourth-order valence-electron chi connectivity index (χ4n) is 3.65. The van der Waals surface area contributed by atoms with E-state index in [2.05, 4.69) is 24.8 Å². The predicted molar refractivity (Wildman–Crippen MR) is 140 cm³/mol. The molecule has 1 saturated heterocycles. The number of thioether (sulfide) groups is 2. The van der Waals surface area contributed by atoms with E-state index in [0.717, 1.165) is 11.5 Å². The molecule has 1 aromatic rings. The molecule has 15 nitrogen and oxygen atoms in total. The van der Waals surface area contributed by atoms with E-state index in [1.165, 1.54) is 28.4 Å². The minimum absolute atomic E-state index is 0.0396. The summed E-state index contributed by atoms with van der Waals surface area (Å²) >= 11 is 3.46. The average Bonchev–Trinajstić information content (AvgIpc) is 3.28.